The fourth-order valence-corrected chi connectivity index (χ4v) is 3.54. The van der Waals surface area contributed by atoms with Crippen molar-refractivity contribution in [2.24, 2.45) is 7.05 Å². The van der Waals surface area contributed by atoms with Crippen molar-refractivity contribution in [1.82, 2.24) is 14.9 Å². The summed E-state index contributed by atoms with van der Waals surface area (Å²) in [7, 11) is 1.89. The highest BCUT2D eigenvalue weighted by Crippen LogP contribution is 2.20. The molecule has 4 rings (SSSR count). The summed E-state index contributed by atoms with van der Waals surface area (Å²) in [6.45, 7) is 1.29. The maximum Gasteiger partial charge on any atom is 0.313 e. The molecule has 166 valence electrons. The predicted molar refractivity (Wildman–Crippen MR) is 119 cm³/mol. The number of aryl methyl sites for hydroxylation is 1. The first kappa shape index (κ1) is 21.6. The largest absolute Gasteiger partial charge is 0.488 e. The summed E-state index contributed by atoms with van der Waals surface area (Å²) in [5.41, 5.74) is 1.41. The van der Waals surface area contributed by atoms with Crippen molar-refractivity contribution in [2.45, 2.75) is 25.0 Å². The number of hydrogen-bond donors (Lipinski definition) is 2. The van der Waals surface area contributed by atoms with Gasteiger partial charge in [0.05, 0.1) is 19.3 Å². The van der Waals surface area contributed by atoms with Crippen molar-refractivity contribution in [3.63, 3.8) is 0 Å². The van der Waals surface area contributed by atoms with Crippen LogP contribution in [0.3, 0.4) is 0 Å². The normalized spacial score (nSPS) is 16.3. The van der Waals surface area contributed by atoms with Gasteiger partial charge >= 0.3 is 11.8 Å². The minimum atomic E-state index is -0.733. The fraction of sp³-hybridized carbons (Fsp3) is 0.292. The topological polar surface area (TPSA) is 94.5 Å². The third-order valence-corrected chi connectivity index (χ3v) is 5.32. The van der Waals surface area contributed by atoms with Crippen molar-refractivity contribution in [3.05, 3.63) is 78.4 Å². The summed E-state index contributed by atoms with van der Waals surface area (Å²) in [5, 5.41) is 5.47. The van der Waals surface area contributed by atoms with E-state index in [0.717, 1.165) is 17.8 Å². The molecule has 1 aliphatic rings. The maximum absolute atomic E-state index is 12.7. The number of rotatable bonds is 7. The first-order valence-corrected chi connectivity index (χ1v) is 10.6. The zero-order valence-corrected chi connectivity index (χ0v) is 17.9. The van der Waals surface area contributed by atoms with E-state index < -0.39 is 11.8 Å². The van der Waals surface area contributed by atoms with Crippen LogP contribution >= 0.6 is 0 Å². The molecule has 32 heavy (non-hydrogen) atoms. The quantitative estimate of drug-likeness (QED) is 0.558. The lowest BCUT2D eigenvalue weighted by Gasteiger charge is -2.19. The monoisotopic (exact) mass is 434 g/mol. The van der Waals surface area contributed by atoms with Crippen molar-refractivity contribution in [3.8, 4) is 5.75 Å². The molecule has 1 fully saturated rings. The van der Waals surface area contributed by atoms with Gasteiger partial charge in [0.15, 0.2) is 0 Å². The highest BCUT2D eigenvalue weighted by Gasteiger charge is 2.22. The standard InChI is InChI=1S/C24H26N4O4/c1-28-13-12-25-22(28)15-21(17-5-3-2-4-6-17)27-24(30)23(29)26-18-7-9-19(10-8-18)32-20-11-14-31-16-20/h2-10,12-13,20-21H,11,14-16H2,1H3,(H,26,29)(H,27,30)/t20-,21+/m1/s1. The van der Waals surface area contributed by atoms with Gasteiger partial charge in [-0.15, -0.1) is 0 Å². The number of nitrogens with zero attached hydrogens (tertiary/aromatic N) is 2. The van der Waals surface area contributed by atoms with Gasteiger partial charge in [0.1, 0.15) is 17.7 Å². The average Bonchev–Trinajstić information content (AvgIpc) is 3.47. The Morgan fingerprint density at radius 2 is 1.94 bits per heavy atom. The molecule has 0 spiro atoms. The van der Waals surface area contributed by atoms with E-state index in [1.165, 1.54) is 0 Å². The van der Waals surface area contributed by atoms with Gasteiger partial charge in [0.25, 0.3) is 0 Å². The Hall–Kier alpha value is -3.65. The molecule has 2 heterocycles. The van der Waals surface area contributed by atoms with Crippen LogP contribution in [0.2, 0.25) is 0 Å². The molecule has 2 amide bonds. The smallest absolute Gasteiger partial charge is 0.313 e. The highest BCUT2D eigenvalue weighted by atomic mass is 16.5. The lowest BCUT2D eigenvalue weighted by atomic mass is 10.0. The molecule has 8 nitrogen and oxygen atoms in total. The Morgan fingerprint density at radius 3 is 2.59 bits per heavy atom. The second-order valence-corrected chi connectivity index (χ2v) is 7.68. The van der Waals surface area contributed by atoms with E-state index in [0.29, 0.717) is 31.1 Å². The van der Waals surface area contributed by atoms with Gasteiger partial charge in [-0.2, -0.15) is 0 Å². The number of ether oxygens (including phenoxy) is 2. The number of hydrogen-bond acceptors (Lipinski definition) is 5. The molecule has 0 aliphatic carbocycles. The van der Waals surface area contributed by atoms with Crippen LogP contribution in [0.1, 0.15) is 23.9 Å². The molecule has 1 aliphatic heterocycles. The lowest BCUT2D eigenvalue weighted by molar-refractivity contribution is -0.136. The van der Waals surface area contributed by atoms with Crippen LogP contribution in [-0.4, -0.2) is 40.7 Å². The number of amides is 2. The van der Waals surface area contributed by atoms with E-state index in [4.69, 9.17) is 9.47 Å². The van der Waals surface area contributed by atoms with Gasteiger partial charge in [-0.25, -0.2) is 4.98 Å². The number of anilines is 1. The molecule has 1 saturated heterocycles. The third-order valence-electron chi connectivity index (χ3n) is 5.32. The van der Waals surface area contributed by atoms with E-state index in [9.17, 15) is 9.59 Å². The van der Waals surface area contributed by atoms with Crippen LogP contribution in [0.5, 0.6) is 5.75 Å². The van der Waals surface area contributed by atoms with Gasteiger partial charge in [-0.05, 0) is 29.8 Å². The van der Waals surface area contributed by atoms with Crippen LogP contribution in [-0.2, 0) is 27.8 Å². The summed E-state index contributed by atoms with van der Waals surface area (Å²) in [6.07, 6.45) is 4.93. The molecule has 8 heteroatoms. The predicted octanol–water partition coefficient (Wildman–Crippen LogP) is 2.63. The molecule has 2 N–H and O–H groups in total. The van der Waals surface area contributed by atoms with E-state index in [1.54, 1.807) is 30.5 Å². The molecule has 3 aromatic rings. The molecule has 0 unspecified atom stereocenters. The first-order valence-electron chi connectivity index (χ1n) is 10.6. The molecule has 2 atom stereocenters. The first-order chi connectivity index (χ1) is 15.6. The van der Waals surface area contributed by atoms with Crippen LogP contribution < -0.4 is 15.4 Å². The van der Waals surface area contributed by atoms with Gasteiger partial charge < -0.3 is 24.7 Å². The second-order valence-electron chi connectivity index (χ2n) is 7.68. The number of aromatic nitrogens is 2. The zero-order chi connectivity index (χ0) is 22.3. The van der Waals surface area contributed by atoms with Gasteiger partial charge in [-0.1, -0.05) is 30.3 Å². The minimum absolute atomic E-state index is 0.0508. The van der Waals surface area contributed by atoms with Gasteiger partial charge in [-0.3, -0.25) is 9.59 Å². The van der Waals surface area contributed by atoms with E-state index in [1.807, 2.05) is 48.1 Å². The van der Waals surface area contributed by atoms with Crippen LogP contribution in [0.15, 0.2) is 67.0 Å². The lowest BCUT2D eigenvalue weighted by Crippen LogP contribution is -2.38. The van der Waals surface area contributed by atoms with Crippen LogP contribution in [0, 0.1) is 0 Å². The summed E-state index contributed by atoms with van der Waals surface area (Å²) < 4.78 is 13.0. The van der Waals surface area contributed by atoms with Crippen LogP contribution in [0.25, 0.3) is 0 Å². The number of imidazole rings is 1. The summed E-state index contributed by atoms with van der Waals surface area (Å²) >= 11 is 0. The average molecular weight is 434 g/mol. The molecular formula is C24H26N4O4. The van der Waals surface area contributed by atoms with Crippen molar-refractivity contribution in [2.75, 3.05) is 18.5 Å². The number of carbonyl (C=O) groups is 2. The minimum Gasteiger partial charge on any atom is -0.488 e. The van der Waals surface area contributed by atoms with E-state index in [-0.39, 0.29) is 12.1 Å². The summed E-state index contributed by atoms with van der Waals surface area (Å²) in [6, 6.07) is 16.1. The van der Waals surface area contributed by atoms with E-state index >= 15 is 0 Å². The van der Waals surface area contributed by atoms with Crippen molar-refractivity contribution in [1.29, 1.82) is 0 Å². The highest BCUT2D eigenvalue weighted by molar-refractivity contribution is 6.39. The van der Waals surface area contributed by atoms with Crippen molar-refractivity contribution < 1.29 is 19.1 Å². The molecule has 1 aromatic heterocycles. The molecule has 0 radical (unpaired) electrons. The second kappa shape index (κ2) is 10.1. The SMILES string of the molecule is Cn1ccnc1C[C@H](NC(=O)C(=O)Nc1ccc(O[C@@H]2CCOC2)cc1)c1ccccc1. The maximum atomic E-state index is 12.7. The van der Waals surface area contributed by atoms with Crippen molar-refractivity contribution >= 4 is 17.5 Å². The Labute approximate surface area is 186 Å². The Bertz CT molecular complexity index is 1040. The molecule has 0 bridgehead atoms. The molecule has 2 aromatic carbocycles. The number of carbonyl (C=O) groups excluding carboxylic acids is 2. The summed E-state index contributed by atoms with van der Waals surface area (Å²) in [4.78, 5) is 29.5. The van der Waals surface area contributed by atoms with Gasteiger partial charge in [0, 0.05) is 38.0 Å². The van der Waals surface area contributed by atoms with E-state index in [2.05, 4.69) is 15.6 Å². The Morgan fingerprint density at radius 1 is 1.16 bits per heavy atom. The number of nitrogens with one attached hydrogen (secondary N) is 2. The molecular weight excluding hydrogens is 408 g/mol. The van der Waals surface area contributed by atoms with Gasteiger partial charge in [0.2, 0.25) is 0 Å². The van der Waals surface area contributed by atoms with Crippen LogP contribution in [0.4, 0.5) is 5.69 Å². The zero-order valence-electron chi connectivity index (χ0n) is 17.9. The summed E-state index contributed by atoms with van der Waals surface area (Å²) in [5.74, 6) is 0.0603. The Balaban J connectivity index is 1.38. The number of benzene rings is 2. The molecule has 0 saturated carbocycles. The third kappa shape index (κ3) is 5.53. The fourth-order valence-electron chi connectivity index (χ4n) is 3.54. The Kier molecular flexibility index (Phi) is 6.81.